The quantitative estimate of drug-likeness (QED) is 0.677. The van der Waals surface area contributed by atoms with Gasteiger partial charge in [-0.2, -0.15) is 0 Å². The van der Waals surface area contributed by atoms with Gasteiger partial charge in [0, 0.05) is 31.6 Å². The molecular formula is C28H38N2O2. The standard InChI is InChI=1S/C28H38N2O2/c1-27-17-15-22-20(10-13-24-28(22,2)18-16-26(32)30(24)3)21(27)11-12-23(27)29-25(31)14-9-19-7-5-4-6-8-19/h4-9,14,20-24H,10-13,15-18H2,1-3H3,(H,29,31)/b14-9+/t20-,21-,22+,23?,24?,27-,28+/m0/s1. The van der Waals surface area contributed by atoms with E-state index < -0.39 is 0 Å². The molecule has 4 heteroatoms. The molecule has 0 bridgehead atoms. The number of fused-ring (bicyclic) bond motifs is 5. The largest absolute Gasteiger partial charge is 0.349 e. The molecule has 1 aromatic rings. The molecule has 1 N–H and O–H groups in total. The van der Waals surface area contributed by atoms with Crippen LogP contribution in [0.3, 0.4) is 0 Å². The number of hydrogen-bond acceptors (Lipinski definition) is 2. The molecule has 0 aromatic heterocycles. The molecule has 4 aliphatic rings. The van der Waals surface area contributed by atoms with Gasteiger partial charge in [-0.3, -0.25) is 9.59 Å². The number of carbonyl (C=O) groups excluding carboxylic acids is 2. The molecule has 7 atom stereocenters. The second-order valence-electron chi connectivity index (χ2n) is 11.4. The van der Waals surface area contributed by atoms with Crippen molar-refractivity contribution in [3.63, 3.8) is 0 Å². The Morgan fingerprint density at radius 2 is 1.75 bits per heavy atom. The molecule has 2 amide bonds. The van der Waals surface area contributed by atoms with Gasteiger partial charge in [-0.1, -0.05) is 44.2 Å². The van der Waals surface area contributed by atoms with Crippen LogP contribution in [-0.4, -0.2) is 35.8 Å². The molecule has 1 saturated heterocycles. The summed E-state index contributed by atoms with van der Waals surface area (Å²) < 4.78 is 0. The van der Waals surface area contributed by atoms with E-state index in [0.29, 0.717) is 30.2 Å². The topological polar surface area (TPSA) is 49.4 Å². The number of hydrogen-bond donors (Lipinski definition) is 1. The number of amides is 2. The van der Waals surface area contributed by atoms with Crippen molar-refractivity contribution in [2.45, 2.75) is 77.3 Å². The lowest BCUT2D eigenvalue weighted by molar-refractivity contribution is -0.157. The number of nitrogens with one attached hydrogen (secondary N) is 1. The number of likely N-dealkylation sites (tertiary alicyclic amines) is 1. The Balaban J connectivity index is 1.29. The van der Waals surface area contributed by atoms with Crippen LogP contribution in [0.2, 0.25) is 0 Å². The van der Waals surface area contributed by atoms with Gasteiger partial charge in [-0.15, -0.1) is 0 Å². The fourth-order valence-electron chi connectivity index (χ4n) is 8.34. The van der Waals surface area contributed by atoms with E-state index in [2.05, 4.69) is 24.1 Å². The lowest BCUT2D eigenvalue weighted by Gasteiger charge is -2.61. The predicted octanol–water partition coefficient (Wildman–Crippen LogP) is 5.05. The Morgan fingerprint density at radius 3 is 2.53 bits per heavy atom. The van der Waals surface area contributed by atoms with Gasteiger partial charge in [-0.05, 0) is 85.2 Å². The Morgan fingerprint density at radius 1 is 1.00 bits per heavy atom. The van der Waals surface area contributed by atoms with E-state index in [-0.39, 0.29) is 22.8 Å². The van der Waals surface area contributed by atoms with Gasteiger partial charge >= 0.3 is 0 Å². The first-order valence-corrected chi connectivity index (χ1v) is 12.6. The van der Waals surface area contributed by atoms with Crippen LogP contribution in [-0.2, 0) is 9.59 Å². The zero-order valence-electron chi connectivity index (χ0n) is 19.8. The highest BCUT2D eigenvalue weighted by atomic mass is 16.2. The molecular weight excluding hydrogens is 396 g/mol. The lowest BCUT2D eigenvalue weighted by atomic mass is 9.47. The maximum absolute atomic E-state index is 12.7. The van der Waals surface area contributed by atoms with E-state index >= 15 is 0 Å². The second kappa shape index (κ2) is 8.04. The van der Waals surface area contributed by atoms with Gasteiger partial charge in [0.1, 0.15) is 0 Å². The molecule has 4 fully saturated rings. The summed E-state index contributed by atoms with van der Waals surface area (Å²) in [6, 6.07) is 10.7. The van der Waals surface area contributed by atoms with Crippen molar-refractivity contribution in [2.24, 2.45) is 28.6 Å². The molecule has 1 aliphatic heterocycles. The summed E-state index contributed by atoms with van der Waals surface area (Å²) in [5, 5.41) is 3.38. The van der Waals surface area contributed by atoms with Crippen LogP contribution in [0.1, 0.15) is 70.8 Å². The first-order valence-electron chi connectivity index (χ1n) is 12.6. The van der Waals surface area contributed by atoms with Gasteiger partial charge in [0.15, 0.2) is 0 Å². The fourth-order valence-corrected chi connectivity index (χ4v) is 8.34. The third kappa shape index (κ3) is 3.41. The van der Waals surface area contributed by atoms with Crippen LogP contribution < -0.4 is 5.32 Å². The van der Waals surface area contributed by atoms with E-state index in [1.807, 2.05) is 43.5 Å². The second-order valence-corrected chi connectivity index (χ2v) is 11.4. The highest BCUT2D eigenvalue weighted by Crippen LogP contribution is 2.64. The highest BCUT2D eigenvalue weighted by molar-refractivity contribution is 5.92. The fraction of sp³-hybridized carbons (Fsp3) is 0.643. The van der Waals surface area contributed by atoms with Crippen molar-refractivity contribution in [3.05, 3.63) is 42.0 Å². The van der Waals surface area contributed by atoms with Crippen molar-refractivity contribution >= 4 is 17.9 Å². The molecule has 0 radical (unpaired) electrons. The van der Waals surface area contributed by atoms with E-state index in [0.717, 1.165) is 30.7 Å². The Labute approximate surface area is 192 Å². The molecule has 0 spiro atoms. The van der Waals surface area contributed by atoms with E-state index in [4.69, 9.17) is 0 Å². The molecule has 3 aliphatic carbocycles. The minimum atomic E-state index is 0.0333. The molecule has 32 heavy (non-hydrogen) atoms. The van der Waals surface area contributed by atoms with Gasteiger partial charge in [0.05, 0.1) is 0 Å². The van der Waals surface area contributed by atoms with Crippen LogP contribution in [0.25, 0.3) is 6.08 Å². The molecule has 172 valence electrons. The van der Waals surface area contributed by atoms with E-state index in [1.165, 1.54) is 25.7 Å². The molecule has 1 heterocycles. The average Bonchev–Trinajstić information content (AvgIpc) is 3.12. The summed E-state index contributed by atoms with van der Waals surface area (Å²) in [5.41, 5.74) is 1.50. The normalized spacial score (nSPS) is 41.2. The van der Waals surface area contributed by atoms with Crippen LogP contribution in [0.5, 0.6) is 0 Å². The van der Waals surface area contributed by atoms with Crippen molar-refractivity contribution in [2.75, 3.05) is 7.05 Å². The first kappa shape index (κ1) is 21.7. The van der Waals surface area contributed by atoms with Crippen molar-refractivity contribution in [1.82, 2.24) is 10.2 Å². The summed E-state index contributed by atoms with van der Waals surface area (Å²) >= 11 is 0. The van der Waals surface area contributed by atoms with E-state index in [1.54, 1.807) is 6.08 Å². The van der Waals surface area contributed by atoms with Gasteiger partial charge in [0.2, 0.25) is 11.8 Å². The minimum absolute atomic E-state index is 0.0333. The number of piperidine rings is 1. The monoisotopic (exact) mass is 434 g/mol. The van der Waals surface area contributed by atoms with Crippen molar-refractivity contribution in [1.29, 1.82) is 0 Å². The number of nitrogens with zero attached hydrogens (tertiary/aromatic N) is 1. The maximum Gasteiger partial charge on any atom is 0.244 e. The van der Waals surface area contributed by atoms with Crippen LogP contribution >= 0.6 is 0 Å². The van der Waals surface area contributed by atoms with Gasteiger partial charge in [-0.25, -0.2) is 0 Å². The zero-order chi connectivity index (χ0) is 22.5. The molecule has 2 unspecified atom stereocenters. The SMILES string of the molecule is CN1C(=O)CC[C@@]2(C)C1CC[C@@H]1[C@H]2CC[C@]2(C)C(NC(=O)/C=C/c3ccccc3)CC[C@@H]12. The summed E-state index contributed by atoms with van der Waals surface area (Å²) in [7, 11) is 2.03. The summed E-state index contributed by atoms with van der Waals surface area (Å²) in [6.07, 6.45) is 12.5. The smallest absolute Gasteiger partial charge is 0.244 e. The predicted molar refractivity (Wildman–Crippen MR) is 128 cm³/mol. The maximum atomic E-state index is 12.7. The first-order chi connectivity index (χ1) is 15.3. The Kier molecular flexibility index (Phi) is 5.46. The Bertz CT molecular complexity index is 911. The van der Waals surface area contributed by atoms with Crippen LogP contribution in [0, 0.1) is 28.6 Å². The average molecular weight is 435 g/mol. The zero-order valence-corrected chi connectivity index (χ0v) is 19.8. The van der Waals surface area contributed by atoms with Gasteiger partial charge in [0.25, 0.3) is 0 Å². The molecule has 4 nitrogen and oxygen atoms in total. The minimum Gasteiger partial charge on any atom is -0.349 e. The van der Waals surface area contributed by atoms with Gasteiger partial charge < -0.3 is 10.2 Å². The van der Waals surface area contributed by atoms with Crippen molar-refractivity contribution < 1.29 is 9.59 Å². The molecule has 1 aromatic carbocycles. The summed E-state index contributed by atoms with van der Waals surface area (Å²) in [6.45, 7) is 4.92. The van der Waals surface area contributed by atoms with Crippen molar-refractivity contribution in [3.8, 4) is 0 Å². The summed E-state index contributed by atoms with van der Waals surface area (Å²) in [4.78, 5) is 27.2. The molecule has 5 rings (SSSR count). The lowest BCUT2D eigenvalue weighted by Crippen LogP contribution is -2.62. The number of rotatable bonds is 3. The van der Waals surface area contributed by atoms with Crippen LogP contribution in [0.15, 0.2) is 36.4 Å². The third-order valence-electron chi connectivity index (χ3n) is 10.1. The Hall–Kier alpha value is -2.10. The highest BCUT2D eigenvalue weighted by Gasteiger charge is 2.61. The number of benzene rings is 1. The third-order valence-corrected chi connectivity index (χ3v) is 10.1. The van der Waals surface area contributed by atoms with Crippen LogP contribution in [0.4, 0.5) is 0 Å². The van der Waals surface area contributed by atoms with E-state index in [9.17, 15) is 9.59 Å². The molecule has 3 saturated carbocycles. The number of carbonyl (C=O) groups is 2. The summed E-state index contributed by atoms with van der Waals surface area (Å²) in [5.74, 6) is 2.50.